The molecule has 1 nitrogen and oxygen atoms in total. The average molecular weight is 215 g/mol. The van der Waals surface area contributed by atoms with Crippen molar-refractivity contribution in [3.8, 4) is 0 Å². The summed E-state index contributed by atoms with van der Waals surface area (Å²) in [5, 5.41) is 9.06. The number of aliphatic hydroxyl groups is 1. The van der Waals surface area contributed by atoms with E-state index in [1.54, 1.807) is 6.92 Å². The number of aliphatic hydroxyl groups excluding tert-OH is 1. The van der Waals surface area contributed by atoms with E-state index in [-0.39, 0.29) is 6.10 Å². The highest BCUT2D eigenvalue weighted by molar-refractivity contribution is 9.10. The third-order valence-electron chi connectivity index (χ3n) is 1.44. The summed E-state index contributed by atoms with van der Waals surface area (Å²) in [6.45, 7) is 1.79. The molecular weight excluding hydrogens is 204 g/mol. The maximum absolute atomic E-state index is 9.06. The molecule has 0 amide bonds. The second-order valence-electron chi connectivity index (χ2n) is 2.68. The van der Waals surface area contributed by atoms with Crippen molar-refractivity contribution in [2.24, 2.45) is 0 Å². The van der Waals surface area contributed by atoms with E-state index in [1.165, 1.54) is 5.56 Å². The average Bonchev–Trinajstić information content (AvgIpc) is 1.93. The fraction of sp³-hybridized carbons (Fsp3) is 0.333. The first-order valence-electron chi connectivity index (χ1n) is 3.61. The number of rotatable bonds is 2. The van der Waals surface area contributed by atoms with Gasteiger partial charge in [-0.3, -0.25) is 0 Å². The van der Waals surface area contributed by atoms with Gasteiger partial charge in [-0.2, -0.15) is 0 Å². The lowest BCUT2D eigenvalue weighted by molar-refractivity contribution is 0.195. The second kappa shape index (κ2) is 3.88. The van der Waals surface area contributed by atoms with E-state index < -0.39 is 0 Å². The van der Waals surface area contributed by atoms with Crippen molar-refractivity contribution in [1.29, 1.82) is 0 Å². The molecule has 11 heavy (non-hydrogen) atoms. The second-order valence-corrected chi connectivity index (χ2v) is 3.60. The van der Waals surface area contributed by atoms with Gasteiger partial charge >= 0.3 is 0 Å². The zero-order valence-electron chi connectivity index (χ0n) is 6.42. The molecule has 0 spiro atoms. The van der Waals surface area contributed by atoms with E-state index in [9.17, 15) is 0 Å². The van der Waals surface area contributed by atoms with Crippen LogP contribution in [-0.4, -0.2) is 11.2 Å². The van der Waals surface area contributed by atoms with Crippen LogP contribution in [0.4, 0.5) is 0 Å². The largest absolute Gasteiger partial charge is 0.393 e. The first-order valence-corrected chi connectivity index (χ1v) is 4.40. The summed E-state index contributed by atoms with van der Waals surface area (Å²) >= 11 is 3.35. The Hall–Kier alpha value is -0.340. The van der Waals surface area contributed by atoms with Crippen LogP contribution < -0.4 is 0 Å². The minimum absolute atomic E-state index is 0.254. The van der Waals surface area contributed by atoms with Crippen molar-refractivity contribution >= 4 is 15.9 Å². The van der Waals surface area contributed by atoms with Gasteiger partial charge in [0.15, 0.2) is 0 Å². The standard InChI is InChI=1S/C9H11BrO/c1-7(11)6-8-2-4-9(10)5-3-8/h2-5,7,11H,6H2,1H3. The molecule has 0 aromatic heterocycles. The predicted octanol–water partition coefficient (Wildman–Crippen LogP) is 2.37. The monoisotopic (exact) mass is 214 g/mol. The highest BCUT2D eigenvalue weighted by Gasteiger charge is 1.97. The summed E-state index contributed by atoms with van der Waals surface area (Å²) in [6.07, 6.45) is 0.476. The lowest BCUT2D eigenvalue weighted by Crippen LogP contribution is -2.03. The Labute approximate surface area is 75.2 Å². The Morgan fingerprint density at radius 2 is 1.91 bits per heavy atom. The topological polar surface area (TPSA) is 20.2 Å². The van der Waals surface area contributed by atoms with Gasteiger partial charge in [-0.05, 0) is 31.0 Å². The highest BCUT2D eigenvalue weighted by Crippen LogP contribution is 2.11. The number of hydrogen-bond acceptors (Lipinski definition) is 1. The summed E-state index contributed by atoms with van der Waals surface area (Å²) in [5.41, 5.74) is 1.17. The molecule has 60 valence electrons. The van der Waals surface area contributed by atoms with Gasteiger partial charge < -0.3 is 5.11 Å². The Bertz CT molecular complexity index is 216. The highest BCUT2D eigenvalue weighted by atomic mass is 79.9. The molecule has 1 unspecified atom stereocenters. The zero-order valence-corrected chi connectivity index (χ0v) is 8.01. The van der Waals surface area contributed by atoms with Crippen LogP contribution in [0.25, 0.3) is 0 Å². The molecule has 0 bridgehead atoms. The fourth-order valence-corrected chi connectivity index (χ4v) is 1.23. The Morgan fingerprint density at radius 3 is 2.36 bits per heavy atom. The van der Waals surface area contributed by atoms with Crippen LogP contribution in [0.3, 0.4) is 0 Å². The molecule has 0 saturated carbocycles. The van der Waals surface area contributed by atoms with Crippen molar-refractivity contribution < 1.29 is 5.11 Å². The normalized spacial score (nSPS) is 13.0. The number of halogens is 1. The van der Waals surface area contributed by atoms with Crippen LogP contribution in [0.2, 0.25) is 0 Å². The molecule has 1 aromatic rings. The SMILES string of the molecule is CC(O)Cc1ccc(Br)cc1. The van der Waals surface area contributed by atoms with Crippen molar-refractivity contribution in [1.82, 2.24) is 0 Å². The van der Waals surface area contributed by atoms with Gasteiger partial charge in [0, 0.05) is 4.47 Å². The van der Waals surface area contributed by atoms with Crippen molar-refractivity contribution in [3.05, 3.63) is 34.3 Å². The minimum Gasteiger partial charge on any atom is -0.393 e. The smallest absolute Gasteiger partial charge is 0.0552 e. The summed E-state index contributed by atoms with van der Waals surface area (Å²) in [6, 6.07) is 7.99. The van der Waals surface area contributed by atoms with E-state index in [0.29, 0.717) is 0 Å². The van der Waals surface area contributed by atoms with Crippen LogP contribution in [-0.2, 0) is 6.42 Å². The molecule has 0 heterocycles. The predicted molar refractivity (Wildman–Crippen MR) is 49.5 cm³/mol. The summed E-state index contributed by atoms with van der Waals surface area (Å²) < 4.78 is 1.08. The first kappa shape index (κ1) is 8.75. The number of benzene rings is 1. The summed E-state index contributed by atoms with van der Waals surface area (Å²) in [4.78, 5) is 0. The lowest BCUT2D eigenvalue weighted by atomic mass is 10.1. The molecule has 0 aliphatic rings. The Morgan fingerprint density at radius 1 is 1.36 bits per heavy atom. The van der Waals surface area contributed by atoms with Gasteiger partial charge in [-0.1, -0.05) is 28.1 Å². The van der Waals surface area contributed by atoms with E-state index in [0.717, 1.165) is 10.9 Å². The molecular formula is C9H11BrO. The van der Waals surface area contributed by atoms with Crippen LogP contribution >= 0.6 is 15.9 Å². The van der Waals surface area contributed by atoms with Crippen molar-refractivity contribution in [2.75, 3.05) is 0 Å². The zero-order chi connectivity index (χ0) is 8.27. The van der Waals surface area contributed by atoms with Crippen LogP contribution in [0, 0.1) is 0 Å². The van der Waals surface area contributed by atoms with Gasteiger partial charge in [-0.25, -0.2) is 0 Å². The third-order valence-corrected chi connectivity index (χ3v) is 1.97. The maximum atomic E-state index is 9.06. The van der Waals surface area contributed by atoms with Gasteiger partial charge in [0.05, 0.1) is 6.10 Å². The molecule has 0 fully saturated rings. The molecule has 2 heteroatoms. The molecule has 0 aliphatic carbocycles. The lowest BCUT2D eigenvalue weighted by Gasteiger charge is -2.03. The van der Waals surface area contributed by atoms with Gasteiger partial charge in [0.1, 0.15) is 0 Å². The van der Waals surface area contributed by atoms with Crippen LogP contribution in [0.1, 0.15) is 12.5 Å². The number of hydrogen-bond donors (Lipinski definition) is 1. The third kappa shape index (κ3) is 3.04. The van der Waals surface area contributed by atoms with Crippen molar-refractivity contribution in [3.63, 3.8) is 0 Å². The molecule has 1 atom stereocenters. The Kier molecular flexibility index (Phi) is 3.09. The van der Waals surface area contributed by atoms with E-state index in [1.807, 2.05) is 24.3 Å². The molecule has 0 saturated heterocycles. The summed E-state index contributed by atoms with van der Waals surface area (Å²) in [5.74, 6) is 0. The van der Waals surface area contributed by atoms with Crippen LogP contribution in [0.5, 0.6) is 0 Å². The van der Waals surface area contributed by atoms with E-state index in [4.69, 9.17) is 5.11 Å². The quantitative estimate of drug-likeness (QED) is 0.802. The van der Waals surface area contributed by atoms with Crippen LogP contribution in [0.15, 0.2) is 28.7 Å². The molecule has 1 rings (SSSR count). The molecule has 0 radical (unpaired) electrons. The molecule has 0 aliphatic heterocycles. The maximum Gasteiger partial charge on any atom is 0.0552 e. The summed E-state index contributed by atoms with van der Waals surface area (Å²) in [7, 11) is 0. The first-order chi connectivity index (χ1) is 5.18. The van der Waals surface area contributed by atoms with Gasteiger partial charge in [0.25, 0.3) is 0 Å². The Balaban J connectivity index is 2.66. The fourth-order valence-electron chi connectivity index (χ4n) is 0.962. The van der Waals surface area contributed by atoms with Gasteiger partial charge in [-0.15, -0.1) is 0 Å². The van der Waals surface area contributed by atoms with Gasteiger partial charge in [0.2, 0.25) is 0 Å². The minimum atomic E-state index is -0.254. The van der Waals surface area contributed by atoms with Crippen molar-refractivity contribution in [2.45, 2.75) is 19.4 Å². The molecule has 1 N–H and O–H groups in total. The molecule has 1 aromatic carbocycles. The van der Waals surface area contributed by atoms with E-state index in [2.05, 4.69) is 15.9 Å². The van der Waals surface area contributed by atoms with E-state index >= 15 is 0 Å².